The van der Waals surface area contributed by atoms with E-state index in [2.05, 4.69) is 10.4 Å². The lowest BCUT2D eigenvalue weighted by atomic mass is 10.2. The monoisotopic (exact) mass is 302 g/mol. The van der Waals surface area contributed by atoms with Crippen molar-refractivity contribution >= 4 is 5.91 Å². The van der Waals surface area contributed by atoms with Gasteiger partial charge in [0.1, 0.15) is 11.4 Å². The molecule has 1 aromatic heterocycles. The highest BCUT2D eigenvalue weighted by molar-refractivity contribution is 5.92. The third-order valence-corrected chi connectivity index (χ3v) is 3.32. The molecule has 1 heterocycles. The predicted molar refractivity (Wildman–Crippen MR) is 85.5 cm³/mol. The number of rotatable bonds is 7. The predicted octanol–water partition coefficient (Wildman–Crippen LogP) is 1.66. The molecule has 6 heteroatoms. The molecule has 0 fully saturated rings. The fraction of sp³-hybridized carbons (Fsp3) is 0.375. The van der Waals surface area contributed by atoms with Crippen LogP contribution in [-0.2, 0) is 0 Å². The average Bonchev–Trinajstić information content (AvgIpc) is 3.01. The molecule has 0 radical (unpaired) electrons. The number of nitrogens with two attached hydrogens (primary N) is 1. The van der Waals surface area contributed by atoms with E-state index in [1.54, 1.807) is 24.1 Å². The fourth-order valence-corrected chi connectivity index (χ4v) is 2.12. The Labute approximate surface area is 130 Å². The van der Waals surface area contributed by atoms with E-state index in [1.807, 2.05) is 25.1 Å². The summed E-state index contributed by atoms with van der Waals surface area (Å²) in [6.45, 7) is 3.24. The number of amides is 1. The van der Waals surface area contributed by atoms with Crippen molar-refractivity contribution < 1.29 is 9.53 Å². The Morgan fingerprint density at radius 3 is 2.91 bits per heavy atom. The molecular formula is C16H22N4O2. The second kappa shape index (κ2) is 7.61. The van der Waals surface area contributed by atoms with Crippen LogP contribution in [0.2, 0.25) is 0 Å². The van der Waals surface area contributed by atoms with Crippen LogP contribution in [0, 0.1) is 6.92 Å². The number of nitrogens with zero attached hydrogens (tertiary/aromatic N) is 2. The van der Waals surface area contributed by atoms with Gasteiger partial charge in [0.2, 0.25) is 0 Å². The number of ether oxygens (including phenoxy) is 1. The number of carbonyl (C=O) groups excluding carboxylic acids is 1. The molecule has 1 amide bonds. The summed E-state index contributed by atoms with van der Waals surface area (Å²) in [5, 5.41) is 7.17. The van der Waals surface area contributed by atoms with Gasteiger partial charge < -0.3 is 15.8 Å². The van der Waals surface area contributed by atoms with Crippen LogP contribution in [0.5, 0.6) is 5.75 Å². The topological polar surface area (TPSA) is 82.2 Å². The van der Waals surface area contributed by atoms with Crippen LogP contribution in [0.1, 0.15) is 28.9 Å². The van der Waals surface area contributed by atoms with Crippen LogP contribution in [0.15, 0.2) is 30.5 Å². The fourth-order valence-electron chi connectivity index (χ4n) is 2.12. The van der Waals surface area contributed by atoms with Crippen LogP contribution in [0.25, 0.3) is 5.69 Å². The number of unbranched alkanes of at least 4 members (excludes halogenated alkanes) is 1. The van der Waals surface area contributed by atoms with E-state index >= 15 is 0 Å². The molecule has 0 saturated heterocycles. The zero-order valence-electron chi connectivity index (χ0n) is 13.0. The van der Waals surface area contributed by atoms with E-state index in [9.17, 15) is 4.79 Å². The lowest BCUT2D eigenvalue weighted by Gasteiger charge is -2.09. The maximum atomic E-state index is 12.0. The van der Waals surface area contributed by atoms with Crippen LogP contribution in [-0.4, -0.2) is 35.9 Å². The molecule has 0 spiro atoms. The highest BCUT2D eigenvalue weighted by Gasteiger charge is 2.12. The summed E-state index contributed by atoms with van der Waals surface area (Å²) in [6, 6.07) is 7.52. The van der Waals surface area contributed by atoms with Crippen molar-refractivity contribution in [3.05, 3.63) is 41.7 Å². The SMILES string of the molecule is COc1ccc(C)cc1-n1ccc(C(=O)NCCCCN)n1. The number of aromatic nitrogens is 2. The number of hydrogen-bond acceptors (Lipinski definition) is 4. The number of carbonyl (C=O) groups is 1. The van der Waals surface area contributed by atoms with Gasteiger partial charge in [-0.15, -0.1) is 0 Å². The molecule has 0 aliphatic rings. The summed E-state index contributed by atoms with van der Waals surface area (Å²) in [4.78, 5) is 12.0. The van der Waals surface area contributed by atoms with Crippen molar-refractivity contribution in [2.45, 2.75) is 19.8 Å². The largest absolute Gasteiger partial charge is 0.494 e. The maximum absolute atomic E-state index is 12.0. The van der Waals surface area contributed by atoms with Gasteiger partial charge in [0.15, 0.2) is 5.69 Å². The number of benzene rings is 1. The van der Waals surface area contributed by atoms with E-state index in [-0.39, 0.29) is 5.91 Å². The molecule has 3 N–H and O–H groups in total. The minimum Gasteiger partial charge on any atom is -0.494 e. The van der Waals surface area contributed by atoms with Crippen molar-refractivity contribution in [3.8, 4) is 11.4 Å². The average molecular weight is 302 g/mol. The molecule has 0 aliphatic carbocycles. The van der Waals surface area contributed by atoms with E-state index in [1.165, 1.54) is 0 Å². The van der Waals surface area contributed by atoms with Crippen LogP contribution in [0.3, 0.4) is 0 Å². The Bertz CT molecular complexity index is 637. The third kappa shape index (κ3) is 3.85. The van der Waals surface area contributed by atoms with E-state index in [4.69, 9.17) is 10.5 Å². The summed E-state index contributed by atoms with van der Waals surface area (Å²) >= 11 is 0. The van der Waals surface area contributed by atoms with Crippen LogP contribution >= 0.6 is 0 Å². The van der Waals surface area contributed by atoms with Crippen molar-refractivity contribution in [3.63, 3.8) is 0 Å². The lowest BCUT2D eigenvalue weighted by molar-refractivity contribution is 0.0947. The van der Waals surface area contributed by atoms with Gasteiger partial charge >= 0.3 is 0 Å². The lowest BCUT2D eigenvalue weighted by Crippen LogP contribution is -2.25. The van der Waals surface area contributed by atoms with Crippen LogP contribution < -0.4 is 15.8 Å². The third-order valence-electron chi connectivity index (χ3n) is 3.32. The summed E-state index contributed by atoms with van der Waals surface area (Å²) in [6.07, 6.45) is 3.52. The molecule has 0 atom stereocenters. The van der Waals surface area contributed by atoms with Gasteiger partial charge in [-0.05, 0) is 50.1 Å². The Morgan fingerprint density at radius 1 is 1.36 bits per heavy atom. The maximum Gasteiger partial charge on any atom is 0.271 e. The normalized spacial score (nSPS) is 10.5. The Balaban J connectivity index is 2.11. The summed E-state index contributed by atoms with van der Waals surface area (Å²) < 4.78 is 7.00. The van der Waals surface area contributed by atoms with Gasteiger partial charge in [0, 0.05) is 12.7 Å². The highest BCUT2D eigenvalue weighted by atomic mass is 16.5. The first-order valence-electron chi connectivity index (χ1n) is 7.34. The summed E-state index contributed by atoms with van der Waals surface area (Å²) in [5.41, 5.74) is 7.72. The van der Waals surface area contributed by atoms with Gasteiger partial charge in [-0.3, -0.25) is 4.79 Å². The molecule has 118 valence electrons. The molecule has 6 nitrogen and oxygen atoms in total. The van der Waals surface area contributed by atoms with Gasteiger partial charge in [-0.2, -0.15) is 5.10 Å². The molecule has 0 saturated carbocycles. The molecule has 0 bridgehead atoms. The van der Waals surface area contributed by atoms with E-state index < -0.39 is 0 Å². The quantitative estimate of drug-likeness (QED) is 0.762. The number of aryl methyl sites for hydroxylation is 1. The van der Waals surface area contributed by atoms with Gasteiger partial charge in [-0.1, -0.05) is 6.07 Å². The minimum atomic E-state index is -0.178. The van der Waals surface area contributed by atoms with E-state index in [0.717, 1.165) is 24.1 Å². The molecule has 1 aromatic carbocycles. The first-order chi connectivity index (χ1) is 10.7. The van der Waals surface area contributed by atoms with Crippen molar-refractivity contribution in [1.82, 2.24) is 15.1 Å². The van der Waals surface area contributed by atoms with E-state index in [0.29, 0.717) is 24.5 Å². The number of methoxy groups -OCH3 is 1. The zero-order valence-corrected chi connectivity index (χ0v) is 13.0. The molecule has 2 aromatic rings. The Kier molecular flexibility index (Phi) is 5.55. The molecule has 22 heavy (non-hydrogen) atoms. The molecule has 0 aliphatic heterocycles. The van der Waals surface area contributed by atoms with Gasteiger partial charge in [-0.25, -0.2) is 4.68 Å². The second-order valence-electron chi connectivity index (χ2n) is 5.07. The van der Waals surface area contributed by atoms with Crippen molar-refractivity contribution in [2.24, 2.45) is 5.73 Å². The number of hydrogen-bond donors (Lipinski definition) is 2. The summed E-state index contributed by atoms with van der Waals surface area (Å²) in [5.74, 6) is 0.533. The minimum absolute atomic E-state index is 0.178. The first kappa shape index (κ1) is 16.0. The van der Waals surface area contributed by atoms with Crippen molar-refractivity contribution in [1.29, 1.82) is 0 Å². The first-order valence-corrected chi connectivity index (χ1v) is 7.34. The highest BCUT2D eigenvalue weighted by Crippen LogP contribution is 2.23. The van der Waals surface area contributed by atoms with Gasteiger partial charge in [0.05, 0.1) is 7.11 Å². The van der Waals surface area contributed by atoms with Crippen molar-refractivity contribution in [2.75, 3.05) is 20.2 Å². The van der Waals surface area contributed by atoms with Crippen LogP contribution in [0.4, 0.5) is 0 Å². The summed E-state index contributed by atoms with van der Waals surface area (Å²) in [7, 11) is 1.61. The second-order valence-corrected chi connectivity index (χ2v) is 5.07. The Hall–Kier alpha value is -2.34. The smallest absolute Gasteiger partial charge is 0.271 e. The molecule has 2 rings (SSSR count). The van der Waals surface area contributed by atoms with Gasteiger partial charge in [0.25, 0.3) is 5.91 Å². The number of nitrogens with one attached hydrogen (secondary N) is 1. The Morgan fingerprint density at radius 2 is 2.18 bits per heavy atom. The molecular weight excluding hydrogens is 280 g/mol. The molecule has 0 unspecified atom stereocenters. The standard InChI is InChI=1S/C16H22N4O2/c1-12-5-6-15(22-2)14(11-12)20-10-7-13(19-20)16(21)18-9-4-3-8-17/h5-7,10-11H,3-4,8-9,17H2,1-2H3,(H,18,21). The zero-order chi connectivity index (χ0) is 15.9.